The van der Waals surface area contributed by atoms with Gasteiger partial charge in [-0.1, -0.05) is 17.8 Å². The summed E-state index contributed by atoms with van der Waals surface area (Å²) in [4.78, 5) is 32.9. The number of hydrogen-bond acceptors (Lipinski definition) is 9. The molecule has 0 atom stereocenters. The van der Waals surface area contributed by atoms with Gasteiger partial charge in [0.05, 0.1) is 41.7 Å². The third-order valence-electron chi connectivity index (χ3n) is 5.45. The van der Waals surface area contributed by atoms with E-state index in [0.29, 0.717) is 29.5 Å². The van der Waals surface area contributed by atoms with Crippen LogP contribution < -0.4 is 10.9 Å². The van der Waals surface area contributed by atoms with Crippen molar-refractivity contribution in [1.29, 1.82) is 0 Å². The van der Waals surface area contributed by atoms with Crippen molar-refractivity contribution in [2.75, 3.05) is 24.8 Å². The van der Waals surface area contributed by atoms with Crippen LogP contribution in [0.25, 0.3) is 21.3 Å². The summed E-state index contributed by atoms with van der Waals surface area (Å²) >= 11 is 3.99. The number of carbonyl (C=O) groups excluding carboxylic acids is 1. The standard InChI is InChI=1S/C21H21N5O3S3/c1-29-10-9-26-20(28)17-12-5-2-3-8-15(12)31-19(17)23-21(26)30-11-16(27)22-13-6-4-7-14-18(13)25-32-24-14/h4,6-7H,2-3,5,8-11H2,1H3,(H,22,27). The smallest absolute Gasteiger partial charge is 0.263 e. The lowest BCUT2D eigenvalue weighted by molar-refractivity contribution is -0.113. The second-order valence-electron chi connectivity index (χ2n) is 7.51. The van der Waals surface area contributed by atoms with Gasteiger partial charge in [-0.2, -0.15) is 8.75 Å². The van der Waals surface area contributed by atoms with E-state index in [4.69, 9.17) is 9.72 Å². The zero-order valence-corrected chi connectivity index (χ0v) is 19.9. The molecule has 166 valence electrons. The van der Waals surface area contributed by atoms with E-state index < -0.39 is 0 Å². The van der Waals surface area contributed by atoms with Gasteiger partial charge in [0.2, 0.25) is 5.91 Å². The highest BCUT2D eigenvalue weighted by atomic mass is 32.2. The molecule has 1 aliphatic carbocycles. The molecule has 3 heterocycles. The van der Waals surface area contributed by atoms with Crippen LogP contribution in [0.1, 0.15) is 23.3 Å². The van der Waals surface area contributed by atoms with E-state index in [1.807, 2.05) is 12.1 Å². The van der Waals surface area contributed by atoms with Crippen LogP contribution in [-0.2, 0) is 28.9 Å². The summed E-state index contributed by atoms with van der Waals surface area (Å²) in [6, 6.07) is 5.50. The Kier molecular flexibility index (Phi) is 6.22. The molecule has 1 aromatic carbocycles. The number of thiophene rings is 1. The molecule has 3 aromatic heterocycles. The molecular formula is C21H21N5O3S3. The Morgan fingerprint density at radius 3 is 3.03 bits per heavy atom. The average Bonchev–Trinajstić information content (AvgIpc) is 3.42. The largest absolute Gasteiger partial charge is 0.383 e. The van der Waals surface area contributed by atoms with Gasteiger partial charge in [-0.3, -0.25) is 14.2 Å². The summed E-state index contributed by atoms with van der Waals surface area (Å²) in [6.45, 7) is 0.800. The molecule has 0 spiro atoms. The van der Waals surface area contributed by atoms with Crippen molar-refractivity contribution in [3.8, 4) is 0 Å². The number of ether oxygens (including phenoxy) is 1. The fraction of sp³-hybridized carbons (Fsp3) is 0.381. The van der Waals surface area contributed by atoms with Gasteiger partial charge in [-0.25, -0.2) is 4.98 Å². The number of nitrogens with one attached hydrogen (secondary N) is 1. The van der Waals surface area contributed by atoms with E-state index in [0.717, 1.165) is 53.1 Å². The molecule has 1 N–H and O–H groups in total. The van der Waals surface area contributed by atoms with Gasteiger partial charge in [0.15, 0.2) is 5.16 Å². The van der Waals surface area contributed by atoms with Gasteiger partial charge >= 0.3 is 0 Å². The quantitative estimate of drug-likeness (QED) is 0.313. The summed E-state index contributed by atoms with van der Waals surface area (Å²) in [6.07, 6.45) is 4.20. The van der Waals surface area contributed by atoms with Gasteiger partial charge in [-0.05, 0) is 43.4 Å². The van der Waals surface area contributed by atoms with Crippen LogP contribution in [0.4, 0.5) is 5.69 Å². The van der Waals surface area contributed by atoms with E-state index in [-0.39, 0.29) is 17.2 Å². The van der Waals surface area contributed by atoms with E-state index >= 15 is 0 Å². The number of aryl methyl sites for hydroxylation is 2. The van der Waals surface area contributed by atoms with Crippen molar-refractivity contribution in [3.63, 3.8) is 0 Å². The molecule has 1 amide bonds. The van der Waals surface area contributed by atoms with Crippen molar-refractivity contribution in [3.05, 3.63) is 39.0 Å². The molecule has 0 aliphatic heterocycles. The first-order valence-corrected chi connectivity index (χ1v) is 12.9. The number of fused-ring (bicyclic) bond motifs is 4. The second-order valence-corrected chi connectivity index (χ2v) is 10.1. The molecule has 0 fully saturated rings. The van der Waals surface area contributed by atoms with Crippen molar-refractivity contribution in [2.24, 2.45) is 0 Å². The average molecular weight is 488 g/mol. The number of benzene rings is 1. The zero-order chi connectivity index (χ0) is 22.1. The fourth-order valence-corrected chi connectivity index (χ4v) is 6.61. The first kappa shape index (κ1) is 21.5. The van der Waals surface area contributed by atoms with Crippen LogP contribution in [0.2, 0.25) is 0 Å². The molecule has 0 bridgehead atoms. The predicted molar refractivity (Wildman–Crippen MR) is 129 cm³/mol. The number of carbonyl (C=O) groups is 1. The minimum absolute atomic E-state index is 0.0346. The Labute approximate surface area is 196 Å². The van der Waals surface area contributed by atoms with Crippen LogP contribution in [-0.4, -0.2) is 43.7 Å². The minimum Gasteiger partial charge on any atom is -0.383 e. The molecule has 0 radical (unpaired) electrons. The normalized spacial score (nSPS) is 13.5. The molecule has 5 rings (SSSR count). The summed E-state index contributed by atoms with van der Waals surface area (Å²) in [7, 11) is 1.61. The van der Waals surface area contributed by atoms with Gasteiger partial charge in [0.1, 0.15) is 15.9 Å². The molecule has 11 heteroatoms. The van der Waals surface area contributed by atoms with Crippen LogP contribution in [0.3, 0.4) is 0 Å². The van der Waals surface area contributed by atoms with Crippen LogP contribution in [0, 0.1) is 0 Å². The molecule has 8 nitrogen and oxygen atoms in total. The molecule has 1 aliphatic rings. The summed E-state index contributed by atoms with van der Waals surface area (Å²) in [5.74, 6) is -0.0575. The Bertz CT molecular complexity index is 1360. The highest BCUT2D eigenvalue weighted by molar-refractivity contribution is 7.99. The molecule has 0 saturated heterocycles. The summed E-state index contributed by atoms with van der Waals surface area (Å²) in [5.41, 5.74) is 3.19. The number of nitrogens with zero attached hydrogens (tertiary/aromatic N) is 4. The number of thioether (sulfide) groups is 1. The monoisotopic (exact) mass is 487 g/mol. The van der Waals surface area contributed by atoms with E-state index in [1.54, 1.807) is 29.1 Å². The maximum absolute atomic E-state index is 13.4. The number of methoxy groups -OCH3 is 1. The van der Waals surface area contributed by atoms with E-state index in [2.05, 4.69) is 14.1 Å². The maximum Gasteiger partial charge on any atom is 0.263 e. The zero-order valence-electron chi connectivity index (χ0n) is 17.4. The lowest BCUT2D eigenvalue weighted by Crippen LogP contribution is -2.26. The Morgan fingerprint density at radius 2 is 2.16 bits per heavy atom. The summed E-state index contributed by atoms with van der Waals surface area (Å²) < 4.78 is 15.3. The third kappa shape index (κ3) is 4.05. The lowest BCUT2D eigenvalue weighted by atomic mass is 9.97. The minimum atomic E-state index is -0.186. The number of amides is 1. The Morgan fingerprint density at radius 1 is 1.28 bits per heavy atom. The number of rotatable bonds is 7. The molecular weight excluding hydrogens is 466 g/mol. The molecule has 4 aromatic rings. The maximum atomic E-state index is 13.4. The number of hydrogen-bond donors (Lipinski definition) is 1. The predicted octanol–water partition coefficient (Wildman–Crippen LogP) is 3.72. The highest BCUT2D eigenvalue weighted by Gasteiger charge is 2.22. The first-order valence-electron chi connectivity index (χ1n) is 10.3. The highest BCUT2D eigenvalue weighted by Crippen LogP contribution is 2.34. The van der Waals surface area contributed by atoms with Crippen molar-refractivity contribution >= 4 is 67.7 Å². The van der Waals surface area contributed by atoms with Crippen molar-refractivity contribution in [2.45, 2.75) is 37.4 Å². The Hall–Kier alpha value is -2.34. The number of anilines is 1. The van der Waals surface area contributed by atoms with Gasteiger partial charge in [-0.15, -0.1) is 11.3 Å². The van der Waals surface area contributed by atoms with Crippen LogP contribution in [0.15, 0.2) is 28.2 Å². The molecule has 0 unspecified atom stereocenters. The van der Waals surface area contributed by atoms with Gasteiger partial charge < -0.3 is 10.1 Å². The lowest BCUT2D eigenvalue weighted by Gasteiger charge is -2.13. The van der Waals surface area contributed by atoms with E-state index in [1.165, 1.54) is 22.2 Å². The number of aromatic nitrogens is 4. The SMILES string of the molecule is COCCn1c(SCC(=O)Nc2cccc3nsnc23)nc2sc3c(c2c1=O)CCCC3. The van der Waals surface area contributed by atoms with Crippen LogP contribution >= 0.6 is 34.8 Å². The van der Waals surface area contributed by atoms with Crippen molar-refractivity contribution < 1.29 is 9.53 Å². The topological polar surface area (TPSA) is 99.0 Å². The third-order valence-corrected chi connectivity index (χ3v) is 8.16. The second kappa shape index (κ2) is 9.26. The van der Waals surface area contributed by atoms with Gasteiger partial charge in [0, 0.05) is 12.0 Å². The summed E-state index contributed by atoms with van der Waals surface area (Å²) in [5, 5.41) is 4.19. The van der Waals surface area contributed by atoms with Crippen LogP contribution in [0.5, 0.6) is 0 Å². The first-order chi connectivity index (χ1) is 15.7. The molecule has 32 heavy (non-hydrogen) atoms. The van der Waals surface area contributed by atoms with Gasteiger partial charge in [0.25, 0.3) is 5.56 Å². The Balaban J connectivity index is 1.42. The molecule has 0 saturated carbocycles. The van der Waals surface area contributed by atoms with Crippen molar-refractivity contribution in [1.82, 2.24) is 18.3 Å². The van der Waals surface area contributed by atoms with E-state index in [9.17, 15) is 9.59 Å². The fourth-order valence-electron chi connectivity index (χ4n) is 3.93.